The van der Waals surface area contributed by atoms with Crippen LogP contribution < -0.4 is 10.2 Å². The summed E-state index contributed by atoms with van der Waals surface area (Å²) in [5.41, 5.74) is 2.65. The SMILES string of the molecule is O=C(NC1CCc2ccccc21)C1CCCN(c2cccnn2)C1. The number of carbonyl (C=O) groups excluding carboxylic acids is 1. The highest BCUT2D eigenvalue weighted by Crippen LogP contribution is 2.31. The summed E-state index contributed by atoms with van der Waals surface area (Å²) in [6.07, 6.45) is 5.69. The summed E-state index contributed by atoms with van der Waals surface area (Å²) in [5, 5.41) is 11.4. The van der Waals surface area contributed by atoms with Crippen LogP contribution in [0.5, 0.6) is 0 Å². The molecule has 1 aliphatic heterocycles. The van der Waals surface area contributed by atoms with Gasteiger partial charge in [0.1, 0.15) is 0 Å². The van der Waals surface area contributed by atoms with Crippen molar-refractivity contribution >= 4 is 11.7 Å². The van der Waals surface area contributed by atoms with Crippen LogP contribution in [0.4, 0.5) is 5.82 Å². The van der Waals surface area contributed by atoms with E-state index in [9.17, 15) is 4.79 Å². The highest BCUT2D eigenvalue weighted by molar-refractivity contribution is 5.80. The Morgan fingerprint density at radius 1 is 1.17 bits per heavy atom. The van der Waals surface area contributed by atoms with E-state index in [0.29, 0.717) is 0 Å². The first-order chi connectivity index (χ1) is 11.8. The highest BCUT2D eigenvalue weighted by atomic mass is 16.2. The lowest BCUT2D eigenvalue weighted by atomic mass is 9.96. The van der Waals surface area contributed by atoms with Crippen LogP contribution >= 0.6 is 0 Å². The molecule has 1 N–H and O–H groups in total. The largest absolute Gasteiger partial charge is 0.354 e. The van der Waals surface area contributed by atoms with Gasteiger partial charge in [0.25, 0.3) is 0 Å². The molecule has 1 aliphatic carbocycles. The second-order valence-corrected chi connectivity index (χ2v) is 6.67. The first-order valence-corrected chi connectivity index (χ1v) is 8.72. The van der Waals surface area contributed by atoms with Gasteiger partial charge in [0.15, 0.2) is 5.82 Å². The van der Waals surface area contributed by atoms with Crippen LogP contribution in [0, 0.1) is 5.92 Å². The van der Waals surface area contributed by atoms with E-state index < -0.39 is 0 Å². The van der Waals surface area contributed by atoms with Gasteiger partial charge in [-0.2, -0.15) is 5.10 Å². The lowest BCUT2D eigenvalue weighted by Crippen LogP contribution is -2.44. The number of carbonyl (C=O) groups is 1. The molecule has 2 heterocycles. The number of aryl methyl sites for hydroxylation is 1. The zero-order valence-electron chi connectivity index (χ0n) is 13.7. The highest BCUT2D eigenvalue weighted by Gasteiger charge is 2.30. The molecule has 2 aliphatic rings. The van der Waals surface area contributed by atoms with Crippen LogP contribution in [-0.4, -0.2) is 29.2 Å². The minimum atomic E-state index is 0.0218. The van der Waals surface area contributed by atoms with Crippen molar-refractivity contribution in [3.05, 3.63) is 53.7 Å². The molecule has 2 aromatic rings. The van der Waals surface area contributed by atoms with Gasteiger partial charge in [0.2, 0.25) is 5.91 Å². The van der Waals surface area contributed by atoms with E-state index in [1.165, 1.54) is 11.1 Å². The molecule has 5 heteroatoms. The van der Waals surface area contributed by atoms with E-state index in [1.807, 2.05) is 12.1 Å². The average Bonchev–Trinajstić information content (AvgIpc) is 3.06. The topological polar surface area (TPSA) is 58.1 Å². The molecule has 5 nitrogen and oxygen atoms in total. The lowest BCUT2D eigenvalue weighted by Gasteiger charge is -2.33. The van der Waals surface area contributed by atoms with E-state index in [-0.39, 0.29) is 17.9 Å². The molecule has 0 bridgehead atoms. The maximum Gasteiger partial charge on any atom is 0.225 e. The molecule has 0 radical (unpaired) electrons. The van der Waals surface area contributed by atoms with Crippen molar-refractivity contribution in [2.75, 3.05) is 18.0 Å². The Morgan fingerprint density at radius 3 is 2.96 bits per heavy atom. The lowest BCUT2D eigenvalue weighted by molar-refractivity contribution is -0.126. The number of nitrogens with one attached hydrogen (secondary N) is 1. The Kier molecular flexibility index (Phi) is 4.15. The summed E-state index contributed by atoms with van der Waals surface area (Å²) in [5.74, 6) is 1.06. The van der Waals surface area contributed by atoms with Crippen molar-refractivity contribution in [2.45, 2.75) is 31.7 Å². The number of piperidine rings is 1. The second-order valence-electron chi connectivity index (χ2n) is 6.67. The van der Waals surface area contributed by atoms with Gasteiger partial charge in [-0.15, -0.1) is 5.10 Å². The zero-order chi connectivity index (χ0) is 16.4. The van der Waals surface area contributed by atoms with Crippen LogP contribution in [0.2, 0.25) is 0 Å². The van der Waals surface area contributed by atoms with Gasteiger partial charge in [-0.25, -0.2) is 0 Å². The fraction of sp³-hybridized carbons (Fsp3) is 0.421. The number of hydrogen-bond acceptors (Lipinski definition) is 4. The number of benzene rings is 1. The van der Waals surface area contributed by atoms with Crippen LogP contribution in [0.1, 0.15) is 36.4 Å². The second kappa shape index (κ2) is 6.59. The van der Waals surface area contributed by atoms with E-state index in [0.717, 1.165) is 44.6 Å². The predicted octanol–water partition coefficient (Wildman–Crippen LogP) is 2.50. The fourth-order valence-corrected chi connectivity index (χ4v) is 3.86. The van der Waals surface area contributed by atoms with Crippen molar-refractivity contribution < 1.29 is 4.79 Å². The maximum absolute atomic E-state index is 12.8. The van der Waals surface area contributed by atoms with Gasteiger partial charge in [0, 0.05) is 19.3 Å². The molecule has 0 saturated carbocycles. The van der Waals surface area contributed by atoms with Gasteiger partial charge in [-0.05, 0) is 48.9 Å². The van der Waals surface area contributed by atoms with Gasteiger partial charge >= 0.3 is 0 Å². The number of aromatic nitrogens is 2. The third kappa shape index (κ3) is 2.98. The maximum atomic E-state index is 12.8. The van der Waals surface area contributed by atoms with Crippen LogP contribution in [-0.2, 0) is 11.2 Å². The molecular weight excluding hydrogens is 300 g/mol. The molecule has 1 amide bonds. The van der Waals surface area contributed by atoms with Crippen LogP contribution in [0.15, 0.2) is 42.6 Å². The molecule has 124 valence electrons. The number of rotatable bonds is 3. The average molecular weight is 322 g/mol. The molecule has 0 spiro atoms. The summed E-state index contributed by atoms with van der Waals surface area (Å²) in [7, 11) is 0. The Labute approximate surface area is 142 Å². The molecule has 1 saturated heterocycles. The first-order valence-electron chi connectivity index (χ1n) is 8.72. The predicted molar refractivity (Wildman–Crippen MR) is 92.6 cm³/mol. The molecule has 1 aromatic heterocycles. The molecule has 2 unspecified atom stereocenters. The van der Waals surface area contributed by atoms with Crippen molar-refractivity contribution in [3.63, 3.8) is 0 Å². The summed E-state index contributed by atoms with van der Waals surface area (Å²) in [6, 6.07) is 12.4. The molecule has 1 aromatic carbocycles. The number of fused-ring (bicyclic) bond motifs is 1. The number of amides is 1. The van der Waals surface area contributed by atoms with Gasteiger partial charge in [-0.1, -0.05) is 24.3 Å². The van der Waals surface area contributed by atoms with E-state index >= 15 is 0 Å². The fourth-order valence-electron chi connectivity index (χ4n) is 3.86. The molecule has 1 fully saturated rings. The molecular formula is C19H22N4O. The standard InChI is InChI=1S/C19H22N4O/c24-19(21-17-10-9-14-5-1-2-7-16(14)17)15-6-4-12-23(13-15)18-8-3-11-20-22-18/h1-3,5,7-8,11,15,17H,4,6,9-10,12-13H2,(H,21,24). The Hall–Kier alpha value is -2.43. The van der Waals surface area contributed by atoms with E-state index in [2.05, 4.69) is 44.7 Å². The summed E-state index contributed by atoms with van der Waals surface area (Å²) in [6.45, 7) is 1.66. The molecule has 24 heavy (non-hydrogen) atoms. The number of anilines is 1. The summed E-state index contributed by atoms with van der Waals surface area (Å²) >= 11 is 0. The molecule has 4 rings (SSSR count). The quantitative estimate of drug-likeness (QED) is 0.943. The number of nitrogens with zero attached hydrogens (tertiary/aromatic N) is 3. The van der Waals surface area contributed by atoms with Gasteiger partial charge in [-0.3, -0.25) is 4.79 Å². The monoisotopic (exact) mass is 322 g/mol. The van der Waals surface area contributed by atoms with Gasteiger partial charge < -0.3 is 10.2 Å². The zero-order valence-corrected chi connectivity index (χ0v) is 13.7. The number of hydrogen-bond donors (Lipinski definition) is 1. The van der Waals surface area contributed by atoms with Crippen molar-refractivity contribution in [2.24, 2.45) is 5.92 Å². The Bertz CT molecular complexity index is 718. The van der Waals surface area contributed by atoms with E-state index in [1.54, 1.807) is 6.20 Å². The normalized spacial score (nSPS) is 22.9. The third-order valence-corrected chi connectivity index (χ3v) is 5.12. The van der Waals surface area contributed by atoms with Crippen LogP contribution in [0.3, 0.4) is 0 Å². The Morgan fingerprint density at radius 2 is 2.08 bits per heavy atom. The van der Waals surface area contributed by atoms with Crippen molar-refractivity contribution in [1.82, 2.24) is 15.5 Å². The van der Waals surface area contributed by atoms with E-state index in [4.69, 9.17) is 0 Å². The summed E-state index contributed by atoms with van der Waals surface area (Å²) in [4.78, 5) is 14.9. The Balaban J connectivity index is 1.42. The van der Waals surface area contributed by atoms with Gasteiger partial charge in [0.05, 0.1) is 12.0 Å². The smallest absolute Gasteiger partial charge is 0.225 e. The van der Waals surface area contributed by atoms with Crippen molar-refractivity contribution in [1.29, 1.82) is 0 Å². The summed E-state index contributed by atoms with van der Waals surface area (Å²) < 4.78 is 0. The molecule has 2 atom stereocenters. The van der Waals surface area contributed by atoms with Crippen molar-refractivity contribution in [3.8, 4) is 0 Å². The minimum Gasteiger partial charge on any atom is -0.354 e. The minimum absolute atomic E-state index is 0.0218. The third-order valence-electron chi connectivity index (χ3n) is 5.12. The first kappa shape index (κ1) is 15.1. The van der Waals surface area contributed by atoms with Crippen LogP contribution in [0.25, 0.3) is 0 Å².